The van der Waals surface area contributed by atoms with Crippen LogP contribution in [0.25, 0.3) is 16.7 Å². The molecule has 1 atom stereocenters. The third-order valence-corrected chi connectivity index (χ3v) is 4.50. The zero-order valence-corrected chi connectivity index (χ0v) is 14.8. The van der Waals surface area contributed by atoms with E-state index < -0.39 is 5.91 Å². The zero-order valence-electron chi connectivity index (χ0n) is 14.8. The Hall–Kier alpha value is -2.96. The van der Waals surface area contributed by atoms with Gasteiger partial charge in [-0.25, -0.2) is 4.98 Å². The summed E-state index contributed by atoms with van der Waals surface area (Å²) in [5.74, 6) is -0.391. The van der Waals surface area contributed by atoms with E-state index in [4.69, 9.17) is 5.41 Å². The maximum absolute atomic E-state index is 13.0. The van der Waals surface area contributed by atoms with Crippen molar-refractivity contribution < 1.29 is 4.79 Å². The molecule has 0 aromatic carbocycles. The third kappa shape index (κ3) is 2.61. The third-order valence-electron chi connectivity index (χ3n) is 4.50. The van der Waals surface area contributed by atoms with Gasteiger partial charge in [-0.15, -0.1) is 0 Å². The molecule has 130 valence electrons. The molecule has 0 fully saturated rings. The average Bonchev–Trinajstić information content (AvgIpc) is 2.61. The maximum atomic E-state index is 13.0. The lowest BCUT2D eigenvalue weighted by molar-refractivity contribution is 0.0960. The van der Waals surface area contributed by atoms with Crippen molar-refractivity contribution in [2.75, 3.05) is 7.05 Å². The van der Waals surface area contributed by atoms with Crippen LogP contribution in [-0.2, 0) is 0 Å². The number of nitrogens with zero attached hydrogens (tertiary/aromatic N) is 3. The maximum Gasteiger partial charge on any atom is 0.267 e. The molecule has 0 unspecified atom stereocenters. The molecule has 0 aliphatic heterocycles. The molecule has 3 heterocycles. The predicted molar refractivity (Wildman–Crippen MR) is 95.9 cm³/mol. The first-order chi connectivity index (χ1) is 11.9. The highest BCUT2D eigenvalue weighted by Gasteiger charge is 2.19. The summed E-state index contributed by atoms with van der Waals surface area (Å²) in [5, 5.41) is 11.3. The van der Waals surface area contributed by atoms with Gasteiger partial charge in [0.15, 0.2) is 0 Å². The van der Waals surface area contributed by atoms with E-state index >= 15 is 0 Å². The molecule has 0 aliphatic carbocycles. The molecule has 3 aromatic rings. The fourth-order valence-electron chi connectivity index (χ4n) is 2.92. The van der Waals surface area contributed by atoms with E-state index in [1.165, 1.54) is 17.5 Å². The molecule has 3 rings (SSSR count). The van der Waals surface area contributed by atoms with Gasteiger partial charge in [-0.05, 0) is 38.0 Å². The highest BCUT2D eigenvalue weighted by Crippen LogP contribution is 2.16. The van der Waals surface area contributed by atoms with E-state index in [-0.39, 0.29) is 22.7 Å². The molecule has 0 saturated heterocycles. The summed E-state index contributed by atoms with van der Waals surface area (Å²) in [6, 6.07) is 5.08. The Balaban J connectivity index is 2.57. The monoisotopic (exact) mass is 339 g/mol. The topological polar surface area (TPSA) is 92.2 Å². The summed E-state index contributed by atoms with van der Waals surface area (Å²) >= 11 is 0. The highest BCUT2D eigenvalue weighted by atomic mass is 16.1. The molecule has 0 saturated carbocycles. The van der Waals surface area contributed by atoms with Gasteiger partial charge < -0.3 is 9.88 Å². The fourth-order valence-corrected chi connectivity index (χ4v) is 2.92. The first-order valence-electron chi connectivity index (χ1n) is 8.24. The molecule has 2 N–H and O–H groups in total. The summed E-state index contributed by atoms with van der Waals surface area (Å²) in [6.07, 6.45) is 2.48. The van der Waals surface area contributed by atoms with Gasteiger partial charge in [0.05, 0.1) is 10.9 Å². The minimum atomic E-state index is -0.391. The standard InChI is InChI=1S/C18H21N5O2/c1-5-11(3)23-15(19)12(17(24)20-4)8-13-16(23)21-14-7-6-10(2)9-22(14)18(13)25/h6-9,11,19H,5H2,1-4H3,(H,20,24)/t11-/m0/s1. The molecule has 7 heteroatoms. The minimum absolute atomic E-state index is 0.0598. The molecule has 0 aliphatic rings. The van der Waals surface area contributed by atoms with Crippen LogP contribution in [0.5, 0.6) is 0 Å². The van der Waals surface area contributed by atoms with Crippen LogP contribution < -0.4 is 16.4 Å². The Morgan fingerprint density at radius 2 is 2.12 bits per heavy atom. The van der Waals surface area contributed by atoms with Crippen molar-refractivity contribution in [2.45, 2.75) is 33.2 Å². The van der Waals surface area contributed by atoms with E-state index in [2.05, 4.69) is 10.3 Å². The Kier molecular flexibility index (Phi) is 4.16. The highest BCUT2D eigenvalue weighted by molar-refractivity contribution is 5.96. The van der Waals surface area contributed by atoms with Gasteiger partial charge >= 0.3 is 0 Å². The van der Waals surface area contributed by atoms with Gasteiger partial charge in [-0.1, -0.05) is 13.0 Å². The number of hydrogen-bond donors (Lipinski definition) is 2. The van der Waals surface area contributed by atoms with Crippen LogP contribution in [0.4, 0.5) is 0 Å². The number of amides is 1. The summed E-state index contributed by atoms with van der Waals surface area (Å²) in [6.45, 7) is 5.84. The van der Waals surface area contributed by atoms with Crippen molar-refractivity contribution in [3.8, 4) is 0 Å². The lowest BCUT2D eigenvalue weighted by atomic mass is 10.1. The normalized spacial score (nSPS) is 12.5. The van der Waals surface area contributed by atoms with Crippen LogP contribution in [0.15, 0.2) is 29.2 Å². The molecule has 0 radical (unpaired) electrons. The van der Waals surface area contributed by atoms with Crippen molar-refractivity contribution in [1.82, 2.24) is 19.3 Å². The quantitative estimate of drug-likeness (QED) is 0.712. The van der Waals surface area contributed by atoms with Crippen LogP contribution in [0.2, 0.25) is 0 Å². The number of pyridine rings is 2. The van der Waals surface area contributed by atoms with E-state index in [0.29, 0.717) is 16.7 Å². The van der Waals surface area contributed by atoms with Crippen molar-refractivity contribution in [3.05, 3.63) is 51.4 Å². The second-order valence-corrected chi connectivity index (χ2v) is 6.20. The zero-order chi connectivity index (χ0) is 18.3. The van der Waals surface area contributed by atoms with Gasteiger partial charge in [-0.3, -0.25) is 19.4 Å². The number of aromatic nitrogens is 3. The van der Waals surface area contributed by atoms with Gasteiger partial charge in [0, 0.05) is 19.3 Å². The van der Waals surface area contributed by atoms with Crippen molar-refractivity contribution in [3.63, 3.8) is 0 Å². The number of carbonyl (C=O) groups excluding carboxylic acids is 1. The SMILES string of the molecule is CC[C@H](C)n1c(=N)c(C(=O)NC)cc2c(=O)n3cc(C)ccc3nc21. The number of nitrogens with one attached hydrogen (secondary N) is 2. The molecule has 7 nitrogen and oxygen atoms in total. The Morgan fingerprint density at radius 1 is 1.40 bits per heavy atom. The molecule has 3 aromatic heterocycles. The Morgan fingerprint density at radius 3 is 2.76 bits per heavy atom. The molecule has 1 amide bonds. The predicted octanol–water partition coefficient (Wildman–Crippen LogP) is 1.77. The molecule has 0 bridgehead atoms. The first-order valence-corrected chi connectivity index (χ1v) is 8.24. The average molecular weight is 339 g/mol. The second kappa shape index (κ2) is 6.16. The summed E-state index contributed by atoms with van der Waals surface area (Å²) in [4.78, 5) is 29.8. The number of hydrogen-bond acceptors (Lipinski definition) is 4. The van der Waals surface area contributed by atoms with Crippen LogP contribution in [0.3, 0.4) is 0 Å². The van der Waals surface area contributed by atoms with Crippen LogP contribution in [0.1, 0.15) is 42.2 Å². The number of fused-ring (bicyclic) bond motifs is 2. The van der Waals surface area contributed by atoms with Crippen molar-refractivity contribution in [2.24, 2.45) is 0 Å². The van der Waals surface area contributed by atoms with Crippen LogP contribution >= 0.6 is 0 Å². The van der Waals surface area contributed by atoms with Crippen molar-refractivity contribution >= 4 is 22.6 Å². The Bertz CT molecular complexity index is 1110. The van der Waals surface area contributed by atoms with Crippen LogP contribution in [-0.4, -0.2) is 26.9 Å². The van der Waals surface area contributed by atoms with Gasteiger partial charge in [0.1, 0.15) is 16.8 Å². The van der Waals surface area contributed by atoms with E-state index in [1.54, 1.807) is 16.8 Å². The van der Waals surface area contributed by atoms with Gasteiger partial charge in [0.2, 0.25) is 0 Å². The number of carbonyl (C=O) groups is 1. The molecule has 0 spiro atoms. The van der Waals surface area contributed by atoms with E-state index in [1.807, 2.05) is 26.8 Å². The summed E-state index contributed by atoms with van der Waals surface area (Å²) in [5.41, 5.74) is 1.87. The summed E-state index contributed by atoms with van der Waals surface area (Å²) in [7, 11) is 1.51. The first kappa shape index (κ1) is 16.9. The second-order valence-electron chi connectivity index (χ2n) is 6.20. The molecule has 25 heavy (non-hydrogen) atoms. The van der Waals surface area contributed by atoms with Crippen LogP contribution in [0, 0.1) is 12.3 Å². The fraction of sp³-hybridized carbons (Fsp3) is 0.333. The van der Waals surface area contributed by atoms with Gasteiger partial charge in [-0.2, -0.15) is 0 Å². The summed E-state index contributed by atoms with van der Waals surface area (Å²) < 4.78 is 3.15. The largest absolute Gasteiger partial charge is 0.355 e. The molecular formula is C18H21N5O2. The smallest absolute Gasteiger partial charge is 0.267 e. The molecular weight excluding hydrogens is 318 g/mol. The lowest BCUT2D eigenvalue weighted by Gasteiger charge is -2.19. The minimum Gasteiger partial charge on any atom is -0.355 e. The Labute approximate surface area is 144 Å². The number of aryl methyl sites for hydroxylation is 1. The van der Waals surface area contributed by atoms with E-state index in [0.717, 1.165) is 12.0 Å². The lowest BCUT2D eigenvalue weighted by Crippen LogP contribution is -2.34. The van der Waals surface area contributed by atoms with Crippen molar-refractivity contribution in [1.29, 1.82) is 5.41 Å². The number of rotatable bonds is 3. The van der Waals surface area contributed by atoms with E-state index in [9.17, 15) is 9.59 Å². The van der Waals surface area contributed by atoms with Gasteiger partial charge in [0.25, 0.3) is 11.5 Å².